The largest absolute Gasteiger partial charge is 0.326 e. The molecule has 110 valence electrons. The molecular weight excluding hydrogens is 294 g/mol. The lowest BCUT2D eigenvalue weighted by atomic mass is 9.98. The van der Waals surface area contributed by atoms with E-state index in [1.807, 2.05) is 30.5 Å². The molecule has 0 bridgehead atoms. The Labute approximate surface area is 124 Å². The summed E-state index contributed by atoms with van der Waals surface area (Å²) in [7, 11) is -2.85. The molecule has 4 nitrogen and oxygen atoms in total. The summed E-state index contributed by atoms with van der Waals surface area (Å²) in [5.41, 5.74) is 0.797. The van der Waals surface area contributed by atoms with Gasteiger partial charge in [0.25, 0.3) is 0 Å². The van der Waals surface area contributed by atoms with E-state index in [2.05, 4.69) is 5.32 Å². The zero-order valence-corrected chi connectivity index (χ0v) is 13.1. The van der Waals surface area contributed by atoms with Crippen LogP contribution in [0.4, 0.5) is 5.69 Å². The van der Waals surface area contributed by atoms with Crippen LogP contribution in [-0.4, -0.2) is 32.1 Å². The van der Waals surface area contributed by atoms with Gasteiger partial charge in [-0.3, -0.25) is 4.79 Å². The Morgan fingerprint density at radius 2 is 2.05 bits per heavy atom. The first-order valence-electron chi connectivity index (χ1n) is 6.63. The average molecular weight is 313 g/mol. The van der Waals surface area contributed by atoms with Crippen LogP contribution in [0.3, 0.4) is 0 Å². The summed E-state index contributed by atoms with van der Waals surface area (Å²) < 4.78 is 22.7. The van der Waals surface area contributed by atoms with Gasteiger partial charge in [0, 0.05) is 17.0 Å². The highest BCUT2D eigenvalue weighted by molar-refractivity contribution is 7.98. The molecule has 0 atom stereocenters. The normalized spacial score (nSPS) is 18.6. The van der Waals surface area contributed by atoms with Crippen LogP contribution in [0.15, 0.2) is 29.2 Å². The van der Waals surface area contributed by atoms with Crippen LogP contribution in [0, 0.1) is 5.92 Å². The van der Waals surface area contributed by atoms with Crippen LogP contribution >= 0.6 is 11.8 Å². The Kier molecular flexibility index (Phi) is 5.10. The first kappa shape index (κ1) is 15.4. The molecule has 0 aromatic heterocycles. The van der Waals surface area contributed by atoms with Crippen LogP contribution in [-0.2, 0) is 14.6 Å². The Balaban J connectivity index is 1.86. The lowest BCUT2D eigenvalue weighted by molar-refractivity contribution is -0.117. The van der Waals surface area contributed by atoms with E-state index in [1.54, 1.807) is 11.8 Å². The summed E-state index contributed by atoms with van der Waals surface area (Å²) in [6, 6.07) is 7.71. The predicted molar refractivity (Wildman–Crippen MR) is 82.8 cm³/mol. The number of anilines is 1. The molecule has 1 aromatic rings. The van der Waals surface area contributed by atoms with Crippen molar-refractivity contribution in [1.29, 1.82) is 0 Å². The van der Waals surface area contributed by atoms with Gasteiger partial charge in [-0.2, -0.15) is 0 Å². The molecule has 1 N–H and O–H groups in total. The molecule has 1 fully saturated rings. The Bertz CT molecular complexity index is 570. The van der Waals surface area contributed by atoms with E-state index in [1.165, 1.54) is 0 Å². The maximum absolute atomic E-state index is 12.0. The maximum atomic E-state index is 12.0. The molecule has 2 rings (SSSR count). The SMILES string of the molecule is CSc1cccc(NC(=O)CC2CCS(=O)(=O)CC2)c1. The van der Waals surface area contributed by atoms with E-state index < -0.39 is 9.84 Å². The molecule has 1 aliphatic heterocycles. The standard InChI is InChI=1S/C14H19NO3S2/c1-19-13-4-2-3-12(10-13)15-14(16)9-11-5-7-20(17,18)8-6-11/h2-4,10-11H,5-9H2,1H3,(H,15,16). The van der Waals surface area contributed by atoms with Gasteiger partial charge in [-0.05, 0) is 43.2 Å². The van der Waals surface area contributed by atoms with E-state index in [0.717, 1.165) is 10.6 Å². The molecule has 1 amide bonds. The van der Waals surface area contributed by atoms with Crippen molar-refractivity contribution in [3.63, 3.8) is 0 Å². The third-order valence-electron chi connectivity index (χ3n) is 3.50. The van der Waals surface area contributed by atoms with Gasteiger partial charge in [-0.1, -0.05) is 6.07 Å². The van der Waals surface area contributed by atoms with Crippen molar-refractivity contribution >= 4 is 33.2 Å². The second kappa shape index (κ2) is 6.63. The van der Waals surface area contributed by atoms with Crippen molar-refractivity contribution in [2.75, 3.05) is 23.1 Å². The molecule has 0 unspecified atom stereocenters. The third kappa shape index (κ3) is 4.52. The number of hydrogen-bond donors (Lipinski definition) is 1. The lowest BCUT2D eigenvalue weighted by Crippen LogP contribution is -2.26. The molecule has 20 heavy (non-hydrogen) atoms. The summed E-state index contributed by atoms with van der Waals surface area (Å²) in [6.07, 6.45) is 3.59. The highest BCUT2D eigenvalue weighted by Crippen LogP contribution is 2.23. The average Bonchev–Trinajstić information content (AvgIpc) is 2.41. The van der Waals surface area contributed by atoms with Gasteiger partial charge in [0.2, 0.25) is 5.91 Å². The topological polar surface area (TPSA) is 63.2 Å². The van der Waals surface area contributed by atoms with Crippen LogP contribution < -0.4 is 5.32 Å². The van der Waals surface area contributed by atoms with Gasteiger partial charge < -0.3 is 5.32 Å². The summed E-state index contributed by atoms with van der Waals surface area (Å²) in [5, 5.41) is 2.88. The third-order valence-corrected chi connectivity index (χ3v) is 5.94. The fourth-order valence-corrected chi connectivity index (χ4v) is 4.37. The number of hydrogen-bond acceptors (Lipinski definition) is 4. The molecule has 0 aliphatic carbocycles. The van der Waals surface area contributed by atoms with E-state index in [-0.39, 0.29) is 23.3 Å². The predicted octanol–water partition coefficient (Wildman–Crippen LogP) is 2.56. The number of nitrogens with one attached hydrogen (secondary N) is 1. The fraction of sp³-hybridized carbons (Fsp3) is 0.500. The smallest absolute Gasteiger partial charge is 0.224 e. The highest BCUT2D eigenvalue weighted by Gasteiger charge is 2.25. The van der Waals surface area contributed by atoms with Gasteiger partial charge >= 0.3 is 0 Å². The summed E-state index contributed by atoms with van der Waals surface area (Å²) >= 11 is 1.63. The number of carbonyl (C=O) groups is 1. The van der Waals surface area contributed by atoms with Gasteiger partial charge in [0.15, 0.2) is 0 Å². The molecule has 0 saturated carbocycles. The minimum absolute atomic E-state index is 0.0347. The maximum Gasteiger partial charge on any atom is 0.224 e. The molecule has 0 spiro atoms. The second-order valence-electron chi connectivity index (χ2n) is 5.08. The van der Waals surface area contributed by atoms with Crippen molar-refractivity contribution in [2.24, 2.45) is 5.92 Å². The fourth-order valence-electron chi connectivity index (χ4n) is 2.32. The van der Waals surface area contributed by atoms with E-state index in [9.17, 15) is 13.2 Å². The monoisotopic (exact) mass is 313 g/mol. The molecule has 1 heterocycles. The molecule has 0 radical (unpaired) electrons. The minimum Gasteiger partial charge on any atom is -0.326 e. The first-order valence-corrected chi connectivity index (χ1v) is 9.67. The van der Waals surface area contributed by atoms with Crippen molar-refractivity contribution in [3.8, 4) is 0 Å². The Hall–Kier alpha value is -1.01. The van der Waals surface area contributed by atoms with E-state index in [0.29, 0.717) is 19.3 Å². The van der Waals surface area contributed by atoms with Crippen molar-refractivity contribution in [3.05, 3.63) is 24.3 Å². The van der Waals surface area contributed by atoms with Gasteiger partial charge in [-0.15, -0.1) is 11.8 Å². The van der Waals surface area contributed by atoms with Crippen molar-refractivity contribution in [1.82, 2.24) is 0 Å². The van der Waals surface area contributed by atoms with Crippen LogP contribution in [0.25, 0.3) is 0 Å². The van der Waals surface area contributed by atoms with Gasteiger partial charge in [0.05, 0.1) is 11.5 Å². The summed E-state index contributed by atoms with van der Waals surface area (Å²) in [4.78, 5) is 13.1. The lowest BCUT2D eigenvalue weighted by Gasteiger charge is -2.21. The van der Waals surface area contributed by atoms with Crippen LogP contribution in [0.1, 0.15) is 19.3 Å². The Morgan fingerprint density at radius 1 is 1.35 bits per heavy atom. The number of benzene rings is 1. The number of carbonyl (C=O) groups excluding carboxylic acids is 1. The number of sulfone groups is 1. The molecular formula is C14H19NO3S2. The van der Waals surface area contributed by atoms with E-state index in [4.69, 9.17) is 0 Å². The minimum atomic E-state index is -2.85. The van der Waals surface area contributed by atoms with Gasteiger partial charge in [-0.25, -0.2) is 8.42 Å². The van der Waals surface area contributed by atoms with E-state index >= 15 is 0 Å². The van der Waals surface area contributed by atoms with Crippen LogP contribution in [0.2, 0.25) is 0 Å². The molecule has 1 aliphatic rings. The quantitative estimate of drug-likeness (QED) is 0.868. The zero-order valence-electron chi connectivity index (χ0n) is 11.5. The summed E-state index contributed by atoms with van der Waals surface area (Å²) in [5.74, 6) is 0.578. The molecule has 1 saturated heterocycles. The van der Waals surface area contributed by atoms with Gasteiger partial charge in [0.1, 0.15) is 9.84 Å². The Morgan fingerprint density at radius 3 is 2.70 bits per heavy atom. The molecule has 6 heteroatoms. The molecule has 1 aromatic carbocycles. The van der Waals surface area contributed by atoms with Crippen molar-refractivity contribution < 1.29 is 13.2 Å². The van der Waals surface area contributed by atoms with Crippen LogP contribution in [0.5, 0.6) is 0 Å². The summed E-state index contributed by atoms with van der Waals surface area (Å²) in [6.45, 7) is 0. The number of amides is 1. The first-order chi connectivity index (χ1) is 9.48. The van der Waals surface area contributed by atoms with Crippen molar-refractivity contribution in [2.45, 2.75) is 24.2 Å². The second-order valence-corrected chi connectivity index (χ2v) is 8.26. The zero-order chi connectivity index (χ0) is 14.6. The number of rotatable bonds is 4. The number of thioether (sulfide) groups is 1. The highest BCUT2D eigenvalue weighted by atomic mass is 32.2.